The van der Waals surface area contributed by atoms with Gasteiger partial charge in [-0.1, -0.05) is 0 Å². The largest absolute Gasteiger partial charge is 0.376 e. The van der Waals surface area contributed by atoms with E-state index in [0.717, 1.165) is 31.9 Å². The van der Waals surface area contributed by atoms with Crippen LogP contribution in [0.15, 0.2) is 18.3 Å². The Kier molecular flexibility index (Phi) is 5.59. The van der Waals surface area contributed by atoms with Crippen molar-refractivity contribution in [3.63, 3.8) is 0 Å². The molecule has 1 fully saturated rings. The van der Waals surface area contributed by atoms with Gasteiger partial charge in [0.1, 0.15) is 0 Å². The molecule has 4 nitrogen and oxygen atoms in total. The lowest BCUT2D eigenvalue weighted by molar-refractivity contribution is 0.115. The molecule has 0 saturated carbocycles. The summed E-state index contributed by atoms with van der Waals surface area (Å²) in [5.74, 6) is 0. The molecule has 0 radical (unpaired) electrons. The van der Waals surface area contributed by atoms with Crippen LogP contribution in [0.1, 0.15) is 46.2 Å². The molecule has 118 valence electrons. The van der Waals surface area contributed by atoms with Crippen LogP contribution in [0.2, 0.25) is 0 Å². The van der Waals surface area contributed by atoms with Gasteiger partial charge in [0, 0.05) is 43.7 Å². The molecule has 1 unspecified atom stereocenters. The highest BCUT2D eigenvalue weighted by Gasteiger charge is 2.19. The Hall–Kier alpha value is -1.13. The molecule has 1 aromatic heterocycles. The van der Waals surface area contributed by atoms with E-state index in [2.05, 4.69) is 55.0 Å². The van der Waals surface area contributed by atoms with Crippen LogP contribution in [0.4, 0.5) is 5.69 Å². The van der Waals surface area contributed by atoms with Crippen LogP contribution in [-0.4, -0.2) is 36.3 Å². The van der Waals surface area contributed by atoms with Crippen LogP contribution in [-0.2, 0) is 11.3 Å². The molecule has 2 rings (SSSR count). The van der Waals surface area contributed by atoms with Gasteiger partial charge in [0.15, 0.2) is 0 Å². The average Bonchev–Trinajstić information content (AvgIpc) is 2.95. The van der Waals surface area contributed by atoms with Gasteiger partial charge in [0.05, 0.1) is 11.8 Å². The zero-order valence-corrected chi connectivity index (χ0v) is 13.9. The third-order valence-electron chi connectivity index (χ3n) is 3.79. The van der Waals surface area contributed by atoms with Gasteiger partial charge in [-0.3, -0.25) is 4.98 Å². The van der Waals surface area contributed by atoms with Gasteiger partial charge in [0.2, 0.25) is 0 Å². The molecule has 2 heterocycles. The van der Waals surface area contributed by atoms with Crippen LogP contribution < -0.4 is 10.2 Å². The summed E-state index contributed by atoms with van der Waals surface area (Å²) in [6.45, 7) is 12.4. The second kappa shape index (κ2) is 7.23. The fourth-order valence-corrected chi connectivity index (χ4v) is 2.57. The van der Waals surface area contributed by atoms with Crippen LogP contribution >= 0.6 is 0 Å². The second-order valence-electron chi connectivity index (χ2n) is 6.78. The molecule has 0 aromatic carbocycles. The maximum Gasteiger partial charge on any atom is 0.0750 e. The predicted molar refractivity (Wildman–Crippen MR) is 87.7 cm³/mol. The van der Waals surface area contributed by atoms with Gasteiger partial charge in [-0.15, -0.1) is 0 Å². The SMILES string of the molecule is CCN(CC1CCCO1)c1ccnc(CNC(C)(C)C)c1. The fourth-order valence-electron chi connectivity index (χ4n) is 2.57. The van der Waals surface area contributed by atoms with E-state index in [1.807, 2.05) is 6.20 Å². The quantitative estimate of drug-likeness (QED) is 0.874. The van der Waals surface area contributed by atoms with E-state index in [0.29, 0.717) is 6.10 Å². The van der Waals surface area contributed by atoms with Crippen molar-refractivity contribution in [2.75, 3.05) is 24.6 Å². The van der Waals surface area contributed by atoms with E-state index in [1.54, 1.807) is 0 Å². The number of hydrogen-bond donors (Lipinski definition) is 1. The molecule has 0 aliphatic carbocycles. The monoisotopic (exact) mass is 291 g/mol. The molecule has 0 amide bonds. The standard InChI is InChI=1S/C17H29N3O/c1-5-20(13-16-7-6-10-21-16)15-8-9-18-14(11-15)12-19-17(2,3)4/h8-9,11,16,19H,5-7,10,12-13H2,1-4H3. The Morgan fingerprint density at radius 1 is 1.43 bits per heavy atom. The normalized spacial score (nSPS) is 19.0. The number of ether oxygens (including phenoxy) is 1. The molecule has 1 atom stereocenters. The molecule has 1 aliphatic rings. The molecular weight excluding hydrogens is 262 g/mol. The van der Waals surface area contributed by atoms with E-state index in [9.17, 15) is 0 Å². The molecule has 4 heteroatoms. The topological polar surface area (TPSA) is 37.4 Å². The van der Waals surface area contributed by atoms with Crippen molar-refractivity contribution in [3.8, 4) is 0 Å². The second-order valence-corrected chi connectivity index (χ2v) is 6.78. The Bertz CT molecular complexity index is 436. The molecule has 1 aromatic rings. The molecule has 21 heavy (non-hydrogen) atoms. The molecule has 1 saturated heterocycles. The Morgan fingerprint density at radius 3 is 2.86 bits per heavy atom. The predicted octanol–water partition coefficient (Wildman–Crippen LogP) is 2.98. The van der Waals surface area contributed by atoms with Gasteiger partial charge in [-0.25, -0.2) is 0 Å². The summed E-state index contributed by atoms with van der Waals surface area (Å²) in [5, 5.41) is 3.49. The fraction of sp³-hybridized carbons (Fsp3) is 0.706. The van der Waals surface area contributed by atoms with Crippen molar-refractivity contribution in [3.05, 3.63) is 24.0 Å². The number of nitrogens with one attached hydrogen (secondary N) is 1. The van der Waals surface area contributed by atoms with E-state index >= 15 is 0 Å². The number of pyridine rings is 1. The van der Waals surface area contributed by atoms with Gasteiger partial charge < -0.3 is 15.0 Å². The first-order valence-electron chi connectivity index (χ1n) is 8.04. The smallest absolute Gasteiger partial charge is 0.0750 e. The van der Waals surface area contributed by atoms with E-state index in [-0.39, 0.29) is 5.54 Å². The summed E-state index contributed by atoms with van der Waals surface area (Å²) >= 11 is 0. The van der Waals surface area contributed by atoms with Gasteiger partial charge >= 0.3 is 0 Å². The third-order valence-corrected chi connectivity index (χ3v) is 3.79. The molecule has 0 bridgehead atoms. The van der Waals surface area contributed by atoms with Gasteiger partial charge in [0.25, 0.3) is 0 Å². The maximum absolute atomic E-state index is 5.76. The van der Waals surface area contributed by atoms with Crippen molar-refractivity contribution in [2.24, 2.45) is 0 Å². The van der Waals surface area contributed by atoms with Crippen molar-refractivity contribution in [1.82, 2.24) is 10.3 Å². The highest BCUT2D eigenvalue weighted by atomic mass is 16.5. The summed E-state index contributed by atoms with van der Waals surface area (Å²) < 4.78 is 5.76. The number of nitrogens with zero attached hydrogens (tertiary/aromatic N) is 2. The summed E-state index contributed by atoms with van der Waals surface area (Å²) in [6.07, 6.45) is 4.67. The minimum atomic E-state index is 0.111. The number of anilines is 1. The molecule has 1 N–H and O–H groups in total. The van der Waals surface area contributed by atoms with E-state index < -0.39 is 0 Å². The van der Waals surface area contributed by atoms with E-state index in [4.69, 9.17) is 4.74 Å². The van der Waals surface area contributed by atoms with Crippen molar-refractivity contribution >= 4 is 5.69 Å². The maximum atomic E-state index is 5.76. The zero-order chi connectivity index (χ0) is 15.3. The summed E-state index contributed by atoms with van der Waals surface area (Å²) in [5.41, 5.74) is 2.45. The van der Waals surface area contributed by atoms with Crippen molar-refractivity contribution in [1.29, 1.82) is 0 Å². The Morgan fingerprint density at radius 2 is 2.24 bits per heavy atom. The summed E-state index contributed by atoms with van der Waals surface area (Å²) in [6, 6.07) is 4.29. The number of likely N-dealkylation sites (N-methyl/N-ethyl adjacent to an activating group) is 1. The number of hydrogen-bond acceptors (Lipinski definition) is 4. The molecule has 1 aliphatic heterocycles. The number of aromatic nitrogens is 1. The van der Waals surface area contributed by atoms with Crippen LogP contribution in [0.5, 0.6) is 0 Å². The van der Waals surface area contributed by atoms with Crippen molar-refractivity contribution in [2.45, 2.75) is 58.7 Å². The highest BCUT2D eigenvalue weighted by molar-refractivity contribution is 5.46. The minimum Gasteiger partial charge on any atom is -0.376 e. The first kappa shape index (κ1) is 16.2. The Labute approximate surface area is 128 Å². The lowest BCUT2D eigenvalue weighted by atomic mass is 10.1. The van der Waals surface area contributed by atoms with Crippen molar-refractivity contribution < 1.29 is 4.74 Å². The Balaban J connectivity index is 2.00. The molecular formula is C17H29N3O. The minimum absolute atomic E-state index is 0.111. The summed E-state index contributed by atoms with van der Waals surface area (Å²) in [4.78, 5) is 6.86. The average molecular weight is 291 g/mol. The lowest BCUT2D eigenvalue weighted by Crippen LogP contribution is -2.35. The van der Waals surface area contributed by atoms with Crippen LogP contribution in [0.3, 0.4) is 0 Å². The third kappa shape index (κ3) is 5.29. The van der Waals surface area contributed by atoms with Crippen LogP contribution in [0.25, 0.3) is 0 Å². The molecule has 0 spiro atoms. The first-order chi connectivity index (χ1) is 9.98. The van der Waals surface area contributed by atoms with E-state index in [1.165, 1.54) is 18.5 Å². The summed E-state index contributed by atoms with van der Waals surface area (Å²) in [7, 11) is 0. The zero-order valence-electron chi connectivity index (χ0n) is 13.9. The highest BCUT2D eigenvalue weighted by Crippen LogP contribution is 2.19. The number of rotatable bonds is 6. The van der Waals surface area contributed by atoms with Gasteiger partial charge in [-0.2, -0.15) is 0 Å². The van der Waals surface area contributed by atoms with Crippen LogP contribution in [0, 0.1) is 0 Å². The first-order valence-corrected chi connectivity index (χ1v) is 8.04. The van der Waals surface area contributed by atoms with Gasteiger partial charge in [-0.05, 0) is 52.7 Å². The lowest BCUT2D eigenvalue weighted by Gasteiger charge is -2.26.